The van der Waals surface area contributed by atoms with E-state index in [4.69, 9.17) is 9.47 Å². The van der Waals surface area contributed by atoms with Crippen LogP contribution in [-0.4, -0.2) is 33.9 Å². The van der Waals surface area contributed by atoms with Crippen LogP contribution in [0.3, 0.4) is 0 Å². The van der Waals surface area contributed by atoms with Crippen LogP contribution < -0.4 is 19.7 Å². The van der Waals surface area contributed by atoms with Gasteiger partial charge in [-0.25, -0.2) is 0 Å². The SMILES string of the molecule is COc1cc2c(c(N3CCCCC3)c1OC)CCNC2. The molecule has 1 aromatic carbocycles. The fraction of sp³-hybridized carbons (Fsp3) is 0.625. The van der Waals surface area contributed by atoms with E-state index in [-0.39, 0.29) is 0 Å². The predicted molar refractivity (Wildman–Crippen MR) is 81.0 cm³/mol. The van der Waals surface area contributed by atoms with E-state index in [9.17, 15) is 0 Å². The van der Waals surface area contributed by atoms with Crippen molar-refractivity contribution in [1.29, 1.82) is 0 Å². The molecule has 1 aromatic rings. The third kappa shape index (κ3) is 2.33. The summed E-state index contributed by atoms with van der Waals surface area (Å²) < 4.78 is 11.3. The zero-order chi connectivity index (χ0) is 13.9. The summed E-state index contributed by atoms with van der Waals surface area (Å²) in [6, 6.07) is 2.13. The number of benzene rings is 1. The van der Waals surface area contributed by atoms with Gasteiger partial charge in [-0.1, -0.05) is 0 Å². The molecule has 2 heterocycles. The van der Waals surface area contributed by atoms with Crippen molar-refractivity contribution in [3.05, 3.63) is 17.2 Å². The van der Waals surface area contributed by atoms with Crippen molar-refractivity contribution in [2.45, 2.75) is 32.2 Å². The number of rotatable bonds is 3. The number of fused-ring (bicyclic) bond motifs is 1. The van der Waals surface area contributed by atoms with Gasteiger partial charge < -0.3 is 19.7 Å². The molecule has 1 fully saturated rings. The molecule has 0 saturated carbocycles. The number of piperidine rings is 1. The second kappa shape index (κ2) is 5.92. The fourth-order valence-electron chi connectivity index (χ4n) is 3.39. The largest absolute Gasteiger partial charge is 0.493 e. The highest BCUT2D eigenvalue weighted by Crippen LogP contribution is 2.44. The van der Waals surface area contributed by atoms with Crippen molar-refractivity contribution in [2.75, 3.05) is 38.8 Å². The molecule has 3 rings (SSSR count). The number of anilines is 1. The van der Waals surface area contributed by atoms with Crippen molar-refractivity contribution in [3.63, 3.8) is 0 Å². The van der Waals surface area contributed by atoms with Crippen LogP contribution in [0.25, 0.3) is 0 Å². The maximum Gasteiger partial charge on any atom is 0.184 e. The maximum absolute atomic E-state index is 5.70. The van der Waals surface area contributed by atoms with Crippen molar-refractivity contribution in [3.8, 4) is 11.5 Å². The van der Waals surface area contributed by atoms with E-state index < -0.39 is 0 Å². The highest BCUT2D eigenvalue weighted by atomic mass is 16.5. The summed E-state index contributed by atoms with van der Waals surface area (Å²) >= 11 is 0. The molecular weight excluding hydrogens is 252 g/mol. The summed E-state index contributed by atoms with van der Waals surface area (Å²) in [7, 11) is 3.47. The molecule has 1 N–H and O–H groups in total. The van der Waals surface area contributed by atoms with Crippen LogP contribution in [0.5, 0.6) is 11.5 Å². The second-order valence-electron chi connectivity index (χ2n) is 5.57. The predicted octanol–water partition coefficient (Wildman–Crippen LogP) is 2.34. The minimum absolute atomic E-state index is 0.857. The fourth-order valence-corrected chi connectivity index (χ4v) is 3.39. The Labute approximate surface area is 121 Å². The molecular formula is C16H24N2O2. The summed E-state index contributed by atoms with van der Waals surface area (Å²) in [5.41, 5.74) is 4.08. The zero-order valence-electron chi connectivity index (χ0n) is 12.5. The Bertz CT molecular complexity index is 468. The quantitative estimate of drug-likeness (QED) is 0.919. The lowest BCUT2D eigenvalue weighted by atomic mass is 9.95. The Hall–Kier alpha value is -1.42. The van der Waals surface area contributed by atoms with Gasteiger partial charge in [0.2, 0.25) is 0 Å². The maximum atomic E-state index is 5.70. The first-order chi connectivity index (χ1) is 9.85. The van der Waals surface area contributed by atoms with Gasteiger partial charge in [0.05, 0.1) is 19.9 Å². The summed E-state index contributed by atoms with van der Waals surface area (Å²) in [6.45, 7) is 4.23. The van der Waals surface area contributed by atoms with Crippen LogP contribution in [0.2, 0.25) is 0 Å². The first-order valence-electron chi connectivity index (χ1n) is 7.57. The van der Waals surface area contributed by atoms with Gasteiger partial charge in [-0.05, 0) is 49.4 Å². The minimum atomic E-state index is 0.857. The van der Waals surface area contributed by atoms with Gasteiger partial charge >= 0.3 is 0 Å². The highest BCUT2D eigenvalue weighted by molar-refractivity contribution is 5.72. The van der Waals surface area contributed by atoms with Gasteiger partial charge in [-0.2, -0.15) is 0 Å². The smallest absolute Gasteiger partial charge is 0.184 e. The van der Waals surface area contributed by atoms with E-state index in [0.29, 0.717) is 0 Å². The van der Waals surface area contributed by atoms with E-state index in [0.717, 1.165) is 44.1 Å². The van der Waals surface area contributed by atoms with Crippen LogP contribution in [0, 0.1) is 0 Å². The van der Waals surface area contributed by atoms with E-state index >= 15 is 0 Å². The van der Waals surface area contributed by atoms with Crippen LogP contribution in [0.15, 0.2) is 6.07 Å². The van der Waals surface area contributed by atoms with E-state index in [2.05, 4.69) is 16.3 Å². The Kier molecular flexibility index (Phi) is 4.01. The standard InChI is InChI=1S/C16H24N2O2/c1-19-14-10-12-11-17-7-6-13(12)15(16(14)20-2)18-8-4-3-5-9-18/h10,17H,3-9,11H2,1-2H3. The van der Waals surface area contributed by atoms with E-state index in [1.54, 1.807) is 14.2 Å². The van der Waals surface area contributed by atoms with Gasteiger partial charge in [0, 0.05) is 19.6 Å². The summed E-state index contributed by atoms with van der Waals surface area (Å²) in [5, 5.41) is 3.44. The molecule has 2 aliphatic heterocycles. The molecule has 0 unspecified atom stereocenters. The Morgan fingerprint density at radius 2 is 1.90 bits per heavy atom. The second-order valence-corrected chi connectivity index (χ2v) is 5.57. The first kappa shape index (κ1) is 13.6. The molecule has 1 saturated heterocycles. The Balaban J connectivity index is 2.11. The average Bonchev–Trinajstić information content (AvgIpc) is 2.53. The van der Waals surface area contributed by atoms with Crippen LogP contribution in [0.4, 0.5) is 5.69 Å². The molecule has 0 aliphatic carbocycles. The lowest BCUT2D eigenvalue weighted by Gasteiger charge is -2.34. The third-order valence-corrected chi connectivity index (χ3v) is 4.38. The van der Waals surface area contributed by atoms with E-state index in [1.165, 1.54) is 36.1 Å². The van der Waals surface area contributed by atoms with Crippen molar-refractivity contribution in [1.82, 2.24) is 5.32 Å². The van der Waals surface area contributed by atoms with E-state index in [1.807, 2.05) is 0 Å². The summed E-state index contributed by atoms with van der Waals surface area (Å²) in [5.74, 6) is 1.77. The van der Waals surface area contributed by atoms with Crippen LogP contribution in [0.1, 0.15) is 30.4 Å². The van der Waals surface area contributed by atoms with Gasteiger partial charge in [-0.15, -0.1) is 0 Å². The van der Waals surface area contributed by atoms with Crippen molar-refractivity contribution >= 4 is 5.69 Å². The molecule has 110 valence electrons. The van der Waals surface area contributed by atoms with Gasteiger partial charge in [-0.3, -0.25) is 0 Å². The number of nitrogens with zero attached hydrogens (tertiary/aromatic N) is 1. The normalized spacial score (nSPS) is 18.6. The molecule has 0 amide bonds. The molecule has 0 bridgehead atoms. The van der Waals surface area contributed by atoms with Crippen molar-refractivity contribution in [2.24, 2.45) is 0 Å². The molecule has 0 radical (unpaired) electrons. The topological polar surface area (TPSA) is 33.7 Å². The molecule has 0 atom stereocenters. The Morgan fingerprint density at radius 3 is 2.60 bits per heavy atom. The number of hydrogen-bond acceptors (Lipinski definition) is 4. The van der Waals surface area contributed by atoms with Gasteiger partial charge in [0.25, 0.3) is 0 Å². The number of methoxy groups -OCH3 is 2. The number of ether oxygens (including phenoxy) is 2. The minimum Gasteiger partial charge on any atom is -0.493 e. The van der Waals surface area contributed by atoms with Crippen LogP contribution in [-0.2, 0) is 13.0 Å². The number of nitrogens with one attached hydrogen (secondary N) is 1. The lowest BCUT2D eigenvalue weighted by Crippen LogP contribution is -2.33. The van der Waals surface area contributed by atoms with Gasteiger partial charge in [0.1, 0.15) is 0 Å². The molecule has 20 heavy (non-hydrogen) atoms. The molecule has 0 aromatic heterocycles. The third-order valence-electron chi connectivity index (χ3n) is 4.38. The molecule has 2 aliphatic rings. The monoisotopic (exact) mass is 276 g/mol. The molecule has 4 heteroatoms. The lowest BCUT2D eigenvalue weighted by molar-refractivity contribution is 0.352. The molecule has 0 spiro atoms. The number of hydrogen-bond donors (Lipinski definition) is 1. The zero-order valence-corrected chi connectivity index (χ0v) is 12.5. The summed E-state index contributed by atoms with van der Waals surface area (Å²) in [6.07, 6.45) is 4.95. The summed E-state index contributed by atoms with van der Waals surface area (Å²) in [4.78, 5) is 2.50. The molecule has 4 nitrogen and oxygen atoms in total. The van der Waals surface area contributed by atoms with Gasteiger partial charge in [0.15, 0.2) is 11.5 Å². The van der Waals surface area contributed by atoms with Crippen LogP contribution >= 0.6 is 0 Å². The highest BCUT2D eigenvalue weighted by Gasteiger charge is 2.26. The first-order valence-corrected chi connectivity index (χ1v) is 7.57. The average molecular weight is 276 g/mol. The van der Waals surface area contributed by atoms with Crippen molar-refractivity contribution < 1.29 is 9.47 Å². The Morgan fingerprint density at radius 1 is 1.10 bits per heavy atom.